The molecule has 0 spiro atoms. The van der Waals surface area contributed by atoms with E-state index in [4.69, 9.17) is 0 Å². The summed E-state index contributed by atoms with van der Waals surface area (Å²) >= 11 is 0. The lowest BCUT2D eigenvalue weighted by atomic mass is 9.96. The summed E-state index contributed by atoms with van der Waals surface area (Å²) in [6, 6.07) is 0. The molecule has 0 saturated carbocycles. The number of rotatable bonds is 2. The summed E-state index contributed by atoms with van der Waals surface area (Å²) < 4.78 is 1.62. The maximum Gasteiger partial charge on any atom is 0.141 e. The molecule has 4 heteroatoms. The number of allylic oxidation sites excluding steroid dienone is 2. The summed E-state index contributed by atoms with van der Waals surface area (Å²) in [6.45, 7) is 0. The summed E-state index contributed by atoms with van der Waals surface area (Å²) in [5.41, 5.74) is 0. The predicted molar refractivity (Wildman–Crippen MR) is 50.4 cm³/mol. The van der Waals surface area contributed by atoms with Crippen LogP contribution in [0.2, 0.25) is 0 Å². The zero-order valence-electron chi connectivity index (χ0n) is 7.37. The second-order valence-corrected chi connectivity index (χ2v) is 3.15. The van der Waals surface area contributed by atoms with Gasteiger partial charge in [0.2, 0.25) is 0 Å². The van der Waals surface area contributed by atoms with Crippen molar-refractivity contribution in [2.24, 2.45) is 11.0 Å². The third-order valence-electron chi connectivity index (χ3n) is 2.13. The average Bonchev–Trinajstić information content (AvgIpc) is 2.69. The SMILES string of the molecule is C1=CCC(C=Nn2cnnc2)CC1. The Labute approximate surface area is 77.0 Å². The van der Waals surface area contributed by atoms with Crippen LogP contribution in [0.3, 0.4) is 0 Å². The van der Waals surface area contributed by atoms with Gasteiger partial charge in [-0.25, -0.2) is 4.68 Å². The van der Waals surface area contributed by atoms with Crippen LogP contribution in [0.1, 0.15) is 19.3 Å². The van der Waals surface area contributed by atoms with Gasteiger partial charge in [-0.3, -0.25) is 0 Å². The number of hydrogen-bond donors (Lipinski definition) is 0. The fourth-order valence-corrected chi connectivity index (χ4v) is 1.38. The summed E-state index contributed by atoms with van der Waals surface area (Å²) in [5.74, 6) is 0.576. The third-order valence-corrected chi connectivity index (χ3v) is 2.13. The first-order valence-electron chi connectivity index (χ1n) is 4.49. The quantitative estimate of drug-likeness (QED) is 0.506. The molecule has 2 rings (SSSR count). The highest BCUT2D eigenvalue weighted by Crippen LogP contribution is 2.15. The molecule has 1 aliphatic carbocycles. The molecule has 0 aliphatic heterocycles. The monoisotopic (exact) mass is 176 g/mol. The van der Waals surface area contributed by atoms with E-state index in [1.54, 1.807) is 17.3 Å². The Bertz CT molecular complexity index is 299. The molecule has 1 unspecified atom stereocenters. The van der Waals surface area contributed by atoms with Gasteiger partial charge in [-0.2, -0.15) is 5.10 Å². The molecule has 0 N–H and O–H groups in total. The van der Waals surface area contributed by atoms with Crippen molar-refractivity contribution in [1.82, 2.24) is 14.9 Å². The molecule has 13 heavy (non-hydrogen) atoms. The molecule has 0 aromatic carbocycles. The van der Waals surface area contributed by atoms with Gasteiger partial charge in [0, 0.05) is 6.21 Å². The molecule has 4 nitrogen and oxygen atoms in total. The molecular weight excluding hydrogens is 164 g/mol. The van der Waals surface area contributed by atoms with Crippen molar-refractivity contribution in [2.45, 2.75) is 19.3 Å². The lowest BCUT2D eigenvalue weighted by molar-refractivity contribution is 0.622. The van der Waals surface area contributed by atoms with Gasteiger partial charge in [0.1, 0.15) is 12.7 Å². The van der Waals surface area contributed by atoms with E-state index < -0.39 is 0 Å². The van der Waals surface area contributed by atoms with Crippen LogP contribution in [-0.4, -0.2) is 21.1 Å². The molecule has 0 saturated heterocycles. The van der Waals surface area contributed by atoms with Crippen LogP contribution >= 0.6 is 0 Å². The van der Waals surface area contributed by atoms with E-state index in [1.165, 1.54) is 12.8 Å². The van der Waals surface area contributed by atoms with E-state index in [1.807, 2.05) is 6.21 Å². The fourth-order valence-electron chi connectivity index (χ4n) is 1.38. The van der Waals surface area contributed by atoms with Gasteiger partial charge in [-0.05, 0) is 25.2 Å². The molecule has 0 bridgehead atoms. The van der Waals surface area contributed by atoms with Crippen molar-refractivity contribution in [2.75, 3.05) is 0 Å². The van der Waals surface area contributed by atoms with Crippen LogP contribution in [-0.2, 0) is 0 Å². The number of hydrogen-bond acceptors (Lipinski definition) is 3. The smallest absolute Gasteiger partial charge is 0.141 e. The summed E-state index contributed by atoms with van der Waals surface area (Å²) in [7, 11) is 0. The van der Waals surface area contributed by atoms with Crippen molar-refractivity contribution in [3.63, 3.8) is 0 Å². The van der Waals surface area contributed by atoms with E-state index in [-0.39, 0.29) is 0 Å². The van der Waals surface area contributed by atoms with Crippen molar-refractivity contribution >= 4 is 6.21 Å². The minimum absolute atomic E-state index is 0.576. The largest absolute Gasteiger partial charge is 0.208 e. The standard InChI is InChI=1S/C9H12N4/c1-2-4-9(5-3-1)6-12-13-7-10-11-8-13/h1-2,6-9H,3-5H2. The molecular formula is C9H12N4. The summed E-state index contributed by atoms with van der Waals surface area (Å²) in [5, 5.41) is 11.6. The van der Waals surface area contributed by atoms with Crippen molar-refractivity contribution in [1.29, 1.82) is 0 Å². The fraction of sp³-hybridized carbons (Fsp3) is 0.444. The van der Waals surface area contributed by atoms with Gasteiger partial charge in [0.05, 0.1) is 0 Å². The van der Waals surface area contributed by atoms with Gasteiger partial charge < -0.3 is 0 Å². The van der Waals surface area contributed by atoms with Gasteiger partial charge >= 0.3 is 0 Å². The van der Waals surface area contributed by atoms with Crippen LogP contribution in [0.15, 0.2) is 29.9 Å². The number of aromatic nitrogens is 3. The predicted octanol–water partition coefficient (Wildman–Crippen LogP) is 1.47. The topological polar surface area (TPSA) is 43.1 Å². The van der Waals surface area contributed by atoms with Gasteiger partial charge in [-0.15, -0.1) is 10.2 Å². The first-order valence-corrected chi connectivity index (χ1v) is 4.49. The molecule has 0 radical (unpaired) electrons. The Morgan fingerprint density at radius 3 is 2.85 bits per heavy atom. The van der Waals surface area contributed by atoms with Crippen LogP contribution in [0, 0.1) is 5.92 Å². The molecule has 1 heterocycles. The third kappa shape index (κ3) is 2.24. The summed E-state index contributed by atoms with van der Waals surface area (Å²) in [4.78, 5) is 0. The van der Waals surface area contributed by atoms with Crippen molar-refractivity contribution < 1.29 is 0 Å². The van der Waals surface area contributed by atoms with Crippen molar-refractivity contribution in [3.05, 3.63) is 24.8 Å². The molecule has 1 aliphatic rings. The van der Waals surface area contributed by atoms with Crippen LogP contribution < -0.4 is 0 Å². The first-order chi connectivity index (χ1) is 6.45. The minimum Gasteiger partial charge on any atom is -0.208 e. The van der Waals surface area contributed by atoms with Crippen molar-refractivity contribution in [3.8, 4) is 0 Å². The maximum atomic E-state index is 4.22. The highest BCUT2D eigenvalue weighted by molar-refractivity contribution is 5.61. The molecule has 0 fully saturated rings. The van der Waals surface area contributed by atoms with E-state index in [2.05, 4.69) is 27.5 Å². The van der Waals surface area contributed by atoms with E-state index >= 15 is 0 Å². The van der Waals surface area contributed by atoms with Gasteiger partial charge in [0.15, 0.2) is 0 Å². The molecule has 1 aromatic heterocycles. The Kier molecular flexibility index (Phi) is 2.50. The minimum atomic E-state index is 0.576. The highest BCUT2D eigenvalue weighted by atomic mass is 15.4. The normalized spacial score (nSPS) is 22.6. The van der Waals surface area contributed by atoms with E-state index in [9.17, 15) is 0 Å². The molecule has 68 valence electrons. The van der Waals surface area contributed by atoms with Crippen LogP contribution in [0.25, 0.3) is 0 Å². The molecule has 1 aromatic rings. The Balaban J connectivity index is 1.93. The lowest BCUT2D eigenvalue weighted by Crippen LogP contribution is -2.04. The van der Waals surface area contributed by atoms with Crippen LogP contribution in [0.5, 0.6) is 0 Å². The van der Waals surface area contributed by atoms with Crippen LogP contribution in [0.4, 0.5) is 0 Å². The zero-order chi connectivity index (χ0) is 8.93. The molecule has 1 atom stereocenters. The maximum absolute atomic E-state index is 4.22. The highest BCUT2D eigenvalue weighted by Gasteiger charge is 2.05. The lowest BCUT2D eigenvalue weighted by Gasteiger charge is -2.11. The second-order valence-electron chi connectivity index (χ2n) is 3.15. The summed E-state index contributed by atoms with van der Waals surface area (Å²) in [6.07, 6.45) is 13.1. The van der Waals surface area contributed by atoms with E-state index in [0.717, 1.165) is 6.42 Å². The zero-order valence-corrected chi connectivity index (χ0v) is 7.37. The van der Waals surface area contributed by atoms with Gasteiger partial charge in [0.25, 0.3) is 0 Å². The number of nitrogens with zero attached hydrogens (tertiary/aromatic N) is 4. The average molecular weight is 176 g/mol. The second kappa shape index (κ2) is 3.98. The van der Waals surface area contributed by atoms with Gasteiger partial charge in [-0.1, -0.05) is 12.2 Å². The Morgan fingerprint density at radius 2 is 2.15 bits per heavy atom. The Hall–Kier alpha value is -1.45. The molecule has 0 amide bonds. The van der Waals surface area contributed by atoms with E-state index in [0.29, 0.717) is 5.92 Å². The first kappa shape index (κ1) is 8.16. The Morgan fingerprint density at radius 1 is 1.31 bits per heavy atom.